The smallest absolute Gasteiger partial charge is 0.330 e. The zero-order valence-corrected chi connectivity index (χ0v) is 17.1. The number of fused-ring (bicyclic) bond motifs is 1. The highest BCUT2D eigenvalue weighted by atomic mass is 16.7. The normalized spacial score (nSPS) is 16.2. The molecule has 28 heavy (non-hydrogen) atoms. The lowest BCUT2D eigenvalue weighted by molar-refractivity contribution is -0.206. The predicted octanol–water partition coefficient (Wildman–Crippen LogP) is 3.48. The number of hydrogen-bond acceptors (Lipinski definition) is 5. The molecule has 1 fully saturated rings. The first-order chi connectivity index (χ1) is 13.4. The van der Waals surface area contributed by atoms with Crippen LogP contribution in [0.15, 0.2) is 24.4 Å². The largest absolute Gasteiger partial charge is 0.367 e. The number of carbonyl (C=O) groups excluding carboxylic acids is 1. The standard InChI is InChI=1S/C22H30N4O2/c1-22(2,3)21(27)28-26-12-10-25(11-13-26)9-5-4-6-18-16-24-20-8-7-17(15-23)14-19(18)20/h7-8,14,16,24H,4-6,9-13H2,1-3H3. The van der Waals surface area contributed by atoms with E-state index in [0.29, 0.717) is 5.56 Å². The lowest BCUT2D eigenvalue weighted by Crippen LogP contribution is -2.48. The molecule has 1 aliphatic rings. The number of aromatic amines is 1. The lowest BCUT2D eigenvalue weighted by Gasteiger charge is -2.34. The van der Waals surface area contributed by atoms with Gasteiger partial charge in [-0.2, -0.15) is 5.26 Å². The van der Waals surface area contributed by atoms with Crippen LogP contribution in [0.2, 0.25) is 0 Å². The Hall–Kier alpha value is -2.36. The predicted molar refractivity (Wildman–Crippen MR) is 110 cm³/mol. The zero-order chi connectivity index (χ0) is 20.1. The fourth-order valence-electron chi connectivity index (χ4n) is 3.40. The Balaban J connectivity index is 1.39. The van der Waals surface area contributed by atoms with Gasteiger partial charge in [0.2, 0.25) is 0 Å². The maximum absolute atomic E-state index is 12.0. The van der Waals surface area contributed by atoms with Crippen LogP contribution in [0.1, 0.15) is 44.7 Å². The second-order valence-corrected chi connectivity index (χ2v) is 8.54. The number of unbranched alkanes of at least 4 members (excludes halogenated alkanes) is 1. The number of nitriles is 1. The molecule has 0 spiro atoms. The summed E-state index contributed by atoms with van der Waals surface area (Å²) in [5, 5.41) is 12.0. The number of nitrogens with one attached hydrogen (secondary N) is 1. The first-order valence-corrected chi connectivity index (χ1v) is 10.1. The summed E-state index contributed by atoms with van der Waals surface area (Å²) in [5.74, 6) is -0.167. The Labute approximate surface area is 167 Å². The van der Waals surface area contributed by atoms with E-state index in [-0.39, 0.29) is 5.97 Å². The van der Waals surface area contributed by atoms with Crippen molar-refractivity contribution in [1.29, 1.82) is 5.26 Å². The number of piperazine rings is 1. The number of aryl methyl sites for hydroxylation is 1. The van der Waals surface area contributed by atoms with Gasteiger partial charge in [-0.05, 0) is 70.3 Å². The zero-order valence-electron chi connectivity index (χ0n) is 17.1. The van der Waals surface area contributed by atoms with Gasteiger partial charge in [-0.15, -0.1) is 5.06 Å². The summed E-state index contributed by atoms with van der Waals surface area (Å²) >= 11 is 0. The molecule has 1 N–H and O–H groups in total. The molecule has 0 bridgehead atoms. The number of benzene rings is 1. The van der Waals surface area contributed by atoms with Crippen LogP contribution in [0.4, 0.5) is 0 Å². The molecule has 0 unspecified atom stereocenters. The molecule has 3 rings (SSSR count). The maximum Gasteiger partial charge on any atom is 0.330 e. The number of nitrogens with zero attached hydrogens (tertiary/aromatic N) is 3. The van der Waals surface area contributed by atoms with Gasteiger partial charge in [0.05, 0.1) is 17.0 Å². The molecule has 1 aromatic heterocycles. The Bertz CT molecular complexity index is 852. The molecule has 1 aromatic carbocycles. The van der Waals surface area contributed by atoms with Gasteiger partial charge >= 0.3 is 5.97 Å². The van der Waals surface area contributed by atoms with Crippen molar-refractivity contribution >= 4 is 16.9 Å². The van der Waals surface area contributed by atoms with E-state index < -0.39 is 5.41 Å². The van der Waals surface area contributed by atoms with Crippen LogP contribution in [-0.2, 0) is 16.1 Å². The number of carbonyl (C=O) groups is 1. The van der Waals surface area contributed by atoms with E-state index in [0.717, 1.165) is 62.9 Å². The molecular weight excluding hydrogens is 352 g/mol. The molecule has 0 amide bonds. The summed E-state index contributed by atoms with van der Waals surface area (Å²) in [6, 6.07) is 8.01. The van der Waals surface area contributed by atoms with Gasteiger partial charge in [-0.1, -0.05) is 0 Å². The summed E-state index contributed by atoms with van der Waals surface area (Å²) in [5.41, 5.74) is 2.62. The monoisotopic (exact) mass is 382 g/mol. The first kappa shape index (κ1) is 20.4. The van der Waals surface area contributed by atoms with E-state index in [9.17, 15) is 4.79 Å². The SMILES string of the molecule is CC(C)(C)C(=O)ON1CCN(CCCCc2c[nH]c3ccc(C#N)cc23)CC1. The average Bonchev–Trinajstić information content (AvgIpc) is 3.08. The van der Waals surface area contributed by atoms with Crippen molar-refractivity contribution in [2.75, 3.05) is 32.7 Å². The molecule has 2 aromatic rings. The fraction of sp³-hybridized carbons (Fsp3) is 0.545. The third kappa shape index (κ3) is 5.12. The van der Waals surface area contributed by atoms with E-state index in [2.05, 4.69) is 22.1 Å². The average molecular weight is 383 g/mol. The van der Waals surface area contributed by atoms with Crippen LogP contribution in [-0.4, -0.2) is 53.6 Å². The van der Waals surface area contributed by atoms with Gasteiger partial charge in [0.15, 0.2) is 0 Å². The number of hydrogen-bond donors (Lipinski definition) is 1. The van der Waals surface area contributed by atoms with Crippen molar-refractivity contribution in [2.24, 2.45) is 5.41 Å². The molecular formula is C22H30N4O2. The number of rotatable bonds is 6. The Kier molecular flexibility index (Phi) is 6.38. The second kappa shape index (κ2) is 8.76. The van der Waals surface area contributed by atoms with E-state index in [4.69, 9.17) is 10.1 Å². The van der Waals surface area contributed by atoms with Gasteiger partial charge in [0.25, 0.3) is 0 Å². The lowest BCUT2D eigenvalue weighted by atomic mass is 9.98. The van der Waals surface area contributed by atoms with Crippen molar-refractivity contribution in [2.45, 2.75) is 40.0 Å². The van der Waals surface area contributed by atoms with Crippen LogP contribution in [0.3, 0.4) is 0 Å². The highest BCUT2D eigenvalue weighted by Gasteiger charge is 2.27. The molecule has 6 heteroatoms. The van der Waals surface area contributed by atoms with Gasteiger partial charge in [-0.25, -0.2) is 4.79 Å². The molecule has 0 saturated carbocycles. The number of aromatic nitrogens is 1. The second-order valence-electron chi connectivity index (χ2n) is 8.54. The molecule has 1 aliphatic heterocycles. The molecule has 150 valence electrons. The third-order valence-corrected chi connectivity index (χ3v) is 5.22. The van der Waals surface area contributed by atoms with Crippen molar-refractivity contribution in [1.82, 2.24) is 14.9 Å². The molecule has 0 aliphatic carbocycles. The van der Waals surface area contributed by atoms with Crippen molar-refractivity contribution in [3.8, 4) is 6.07 Å². The highest BCUT2D eigenvalue weighted by molar-refractivity contribution is 5.84. The minimum absolute atomic E-state index is 0.167. The summed E-state index contributed by atoms with van der Waals surface area (Å²) in [6.45, 7) is 10.1. The van der Waals surface area contributed by atoms with Crippen molar-refractivity contribution in [3.63, 3.8) is 0 Å². The third-order valence-electron chi connectivity index (χ3n) is 5.22. The minimum Gasteiger partial charge on any atom is -0.367 e. The van der Waals surface area contributed by atoms with E-state index in [1.807, 2.05) is 39.0 Å². The van der Waals surface area contributed by atoms with Crippen LogP contribution in [0, 0.1) is 16.7 Å². The molecule has 2 heterocycles. The highest BCUT2D eigenvalue weighted by Crippen LogP contribution is 2.21. The summed E-state index contributed by atoms with van der Waals surface area (Å²) < 4.78 is 0. The molecule has 0 radical (unpaired) electrons. The van der Waals surface area contributed by atoms with Gasteiger partial charge in [0, 0.05) is 43.3 Å². The van der Waals surface area contributed by atoms with Crippen LogP contribution < -0.4 is 0 Å². The number of H-pyrrole nitrogens is 1. The van der Waals surface area contributed by atoms with E-state index >= 15 is 0 Å². The van der Waals surface area contributed by atoms with Gasteiger partial charge in [0.1, 0.15) is 0 Å². The first-order valence-electron chi connectivity index (χ1n) is 10.1. The van der Waals surface area contributed by atoms with Crippen molar-refractivity contribution < 1.29 is 9.63 Å². The Morgan fingerprint density at radius 1 is 1.21 bits per heavy atom. The van der Waals surface area contributed by atoms with Gasteiger partial charge < -0.3 is 14.7 Å². The molecule has 6 nitrogen and oxygen atoms in total. The Morgan fingerprint density at radius 3 is 2.64 bits per heavy atom. The maximum atomic E-state index is 12.0. The van der Waals surface area contributed by atoms with E-state index in [1.165, 1.54) is 5.56 Å². The summed E-state index contributed by atoms with van der Waals surface area (Å²) in [6.07, 6.45) is 5.32. The summed E-state index contributed by atoms with van der Waals surface area (Å²) in [4.78, 5) is 23.2. The fourth-order valence-corrected chi connectivity index (χ4v) is 3.40. The van der Waals surface area contributed by atoms with Crippen LogP contribution in [0.25, 0.3) is 10.9 Å². The van der Waals surface area contributed by atoms with Crippen LogP contribution in [0.5, 0.6) is 0 Å². The molecule has 0 atom stereocenters. The molecule has 1 saturated heterocycles. The van der Waals surface area contributed by atoms with Crippen molar-refractivity contribution in [3.05, 3.63) is 35.5 Å². The quantitative estimate of drug-likeness (QED) is 0.775. The Morgan fingerprint density at radius 2 is 1.96 bits per heavy atom. The van der Waals surface area contributed by atoms with Crippen LogP contribution >= 0.6 is 0 Å². The topological polar surface area (TPSA) is 72.4 Å². The van der Waals surface area contributed by atoms with E-state index in [1.54, 1.807) is 5.06 Å². The number of hydroxylamine groups is 2. The summed E-state index contributed by atoms with van der Waals surface area (Å²) in [7, 11) is 0. The van der Waals surface area contributed by atoms with Gasteiger partial charge in [-0.3, -0.25) is 0 Å². The minimum atomic E-state index is -0.465.